The van der Waals surface area contributed by atoms with Gasteiger partial charge in [0.1, 0.15) is 0 Å². The molecule has 3 nitrogen and oxygen atoms in total. The van der Waals surface area contributed by atoms with E-state index in [-0.39, 0.29) is 0 Å². The number of hydrogen-bond donors (Lipinski definition) is 1. The third kappa shape index (κ3) is 7.70. The van der Waals surface area contributed by atoms with Crippen molar-refractivity contribution in [1.82, 2.24) is 5.48 Å². The van der Waals surface area contributed by atoms with Crippen LogP contribution in [0.5, 0.6) is 0 Å². The Morgan fingerprint density at radius 3 is 2.29 bits per heavy atom. The van der Waals surface area contributed by atoms with Crippen LogP contribution in [0.2, 0.25) is 0 Å². The van der Waals surface area contributed by atoms with Crippen LogP contribution in [-0.4, -0.2) is 0 Å². The van der Waals surface area contributed by atoms with E-state index in [1.807, 2.05) is 19.9 Å². The topological polar surface area (TPSA) is 30.5 Å². The van der Waals surface area contributed by atoms with Crippen molar-refractivity contribution in [2.75, 3.05) is 0 Å². The minimum Gasteiger partial charge on any atom is -0.164 e. The lowest BCUT2D eigenvalue weighted by Gasteiger charge is -2.11. The highest BCUT2D eigenvalue weighted by Gasteiger charge is 2.03. The molecule has 1 rings (SSSR count). The first-order valence-electron chi connectivity index (χ1n) is 5.98. The molecule has 0 aromatic heterocycles. The van der Waals surface area contributed by atoms with Gasteiger partial charge >= 0.3 is 0 Å². The van der Waals surface area contributed by atoms with Gasteiger partial charge in [0.15, 0.2) is 23.0 Å². The van der Waals surface area contributed by atoms with E-state index in [1.54, 1.807) is 23.0 Å². The molecule has 1 aromatic rings. The second kappa shape index (κ2) is 11.0. The van der Waals surface area contributed by atoms with E-state index in [2.05, 4.69) is 45.7 Å². The molecule has 98 valence electrons. The van der Waals surface area contributed by atoms with Crippen molar-refractivity contribution < 1.29 is 8.21 Å². The van der Waals surface area contributed by atoms with Crippen molar-refractivity contribution in [3.05, 3.63) is 35.4 Å². The van der Waals surface area contributed by atoms with Gasteiger partial charge in [-0.3, -0.25) is 0 Å². The zero-order valence-corrected chi connectivity index (χ0v) is 13.2. The molecule has 0 aliphatic heterocycles. The van der Waals surface area contributed by atoms with Gasteiger partial charge in [-0.1, -0.05) is 52.0 Å². The smallest absolute Gasteiger partial charge is 0.157 e. The first kappa shape index (κ1) is 16.8. The van der Waals surface area contributed by atoms with Gasteiger partial charge in [-0.2, -0.15) is 5.48 Å². The molecule has 0 atom stereocenters. The lowest BCUT2D eigenvalue weighted by Crippen LogP contribution is -2.13. The summed E-state index contributed by atoms with van der Waals surface area (Å²) in [4.78, 5) is 4.63. The third-order valence-corrected chi connectivity index (χ3v) is 2.28. The maximum Gasteiger partial charge on any atom is 0.157 e. The van der Waals surface area contributed by atoms with Gasteiger partial charge in [0.25, 0.3) is 0 Å². The quantitative estimate of drug-likeness (QED) is 0.360. The number of benzene rings is 1. The molecule has 0 saturated heterocycles. The largest absolute Gasteiger partial charge is 0.164 e. The summed E-state index contributed by atoms with van der Waals surface area (Å²) in [5.74, 6) is 0.660. The van der Waals surface area contributed by atoms with Gasteiger partial charge in [-0.25, -0.2) is 0 Å². The molecule has 17 heavy (non-hydrogen) atoms. The van der Waals surface area contributed by atoms with Crippen molar-refractivity contribution in [3.8, 4) is 0 Å². The van der Waals surface area contributed by atoms with Crippen LogP contribution >= 0.6 is 23.0 Å². The molecule has 0 saturated carbocycles. The lowest BCUT2D eigenvalue weighted by molar-refractivity contribution is -0.225. The predicted octanol–water partition coefficient (Wildman–Crippen LogP) is 4.21. The summed E-state index contributed by atoms with van der Waals surface area (Å²) in [7, 11) is 0. The van der Waals surface area contributed by atoms with Gasteiger partial charge in [0, 0.05) is 6.54 Å². The van der Waals surface area contributed by atoms with Gasteiger partial charge in [-0.15, -0.1) is 8.21 Å². The first-order valence-corrected chi connectivity index (χ1v) is 6.86. The van der Waals surface area contributed by atoms with Crippen LogP contribution in [0.25, 0.3) is 0 Å². The molecule has 0 unspecified atom stereocenters. The molecule has 0 aliphatic carbocycles. The molecule has 4 heteroatoms. The van der Waals surface area contributed by atoms with E-state index >= 15 is 0 Å². The Hall–Kier alpha value is -0.170. The number of hydroxylamine groups is 1. The average Bonchev–Trinajstić information content (AvgIpc) is 2.33. The second-order valence-electron chi connectivity index (χ2n) is 3.83. The van der Waals surface area contributed by atoms with Gasteiger partial charge in [0.05, 0.1) is 0 Å². The fourth-order valence-corrected chi connectivity index (χ4v) is 1.63. The van der Waals surface area contributed by atoms with Crippen molar-refractivity contribution in [1.29, 1.82) is 0 Å². The maximum atomic E-state index is 4.63. The number of rotatable bonds is 6. The van der Waals surface area contributed by atoms with E-state index in [4.69, 9.17) is 0 Å². The monoisotopic (exact) mass is 351 g/mol. The molecular formula is C13H22INO2. The Morgan fingerprint density at radius 1 is 1.18 bits per heavy atom. The minimum absolute atomic E-state index is 0.659. The summed E-state index contributed by atoms with van der Waals surface area (Å²) in [6.45, 7) is 9.09. The van der Waals surface area contributed by atoms with E-state index in [1.165, 1.54) is 11.1 Å². The molecule has 0 amide bonds. The summed E-state index contributed by atoms with van der Waals surface area (Å²) in [6.07, 6.45) is 1.09. The molecule has 1 N–H and O–H groups in total. The normalized spacial score (nSPS) is 10.0. The fraction of sp³-hybridized carbons (Fsp3) is 0.538. The molecule has 1 aromatic carbocycles. The first-order chi connectivity index (χ1) is 8.24. The Bertz CT molecular complexity index is 293. The van der Waals surface area contributed by atoms with Crippen LogP contribution in [0.15, 0.2) is 24.3 Å². The molecule has 0 bridgehead atoms. The minimum atomic E-state index is 0.659. The third-order valence-electron chi connectivity index (χ3n) is 2.10. The molecular weight excluding hydrogens is 329 g/mol. The predicted molar refractivity (Wildman–Crippen MR) is 79.4 cm³/mol. The molecule has 0 aliphatic rings. The summed E-state index contributed by atoms with van der Waals surface area (Å²) < 4.78 is 4.44. The van der Waals surface area contributed by atoms with Gasteiger partial charge in [-0.05, 0) is 23.5 Å². The van der Waals surface area contributed by atoms with E-state index in [9.17, 15) is 0 Å². The number of hydrogen-bond acceptors (Lipinski definition) is 3. The van der Waals surface area contributed by atoms with E-state index in [0.717, 1.165) is 6.42 Å². The molecule has 0 spiro atoms. The van der Waals surface area contributed by atoms with Crippen LogP contribution in [0.1, 0.15) is 38.8 Å². The highest BCUT2D eigenvalue weighted by atomic mass is 127. The van der Waals surface area contributed by atoms with Crippen molar-refractivity contribution in [2.45, 2.75) is 40.7 Å². The highest BCUT2D eigenvalue weighted by Crippen LogP contribution is 2.13. The summed E-state index contributed by atoms with van der Waals surface area (Å²) >= 11 is 1.67. The standard InChI is InChI=1S/C11H16INO2.C2H6/c1-9(2)7-10-5-3-4-6-11(10)8-13-15-14-12;1-2/h3-6,9,13H,7-8H2,1-2H3;1-2H3. The van der Waals surface area contributed by atoms with Gasteiger partial charge in [0.2, 0.25) is 0 Å². The number of nitrogens with one attached hydrogen (secondary N) is 1. The SMILES string of the molecule is CC.CC(C)Cc1ccccc1CNOOI. The molecule has 0 radical (unpaired) electrons. The summed E-state index contributed by atoms with van der Waals surface area (Å²) in [5.41, 5.74) is 5.34. The Labute approximate surface area is 118 Å². The highest BCUT2D eigenvalue weighted by molar-refractivity contribution is 14.1. The van der Waals surface area contributed by atoms with Gasteiger partial charge < -0.3 is 0 Å². The molecule has 0 heterocycles. The van der Waals surface area contributed by atoms with Crippen molar-refractivity contribution in [2.24, 2.45) is 5.92 Å². The Balaban J connectivity index is 0.00000121. The summed E-state index contributed by atoms with van der Waals surface area (Å²) in [6, 6.07) is 8.35. The number of halogens is 1. The Morgan fingerprint density at radius 2 is 1.76 bits per heavy atom. The lowest BCUT2D eigenvalue weighted by atomic mass is 9.98. The van der Waals surface area contributed by atoms with Crippen LogP contribution in [0, 0.1) is 5.92 Å². The zero-order valence-electron chi connectivity index (χ0n) is 11.0. The molecule has 0 fully saturated rings. The van der Waals surface area contributed by atoms with Crippen LogP contribution < -0.4 is 5.48 Å². The van der Waals surface area contributed by atoms with E-state index in [0.29, 0.717) is 12.5 Å². The van der Waals surface area contributed by atoms with Crippen LogP contribution in [-0.2, 0) is 21.2 Å². The maximum absolute atomic E-state index is 4.63. The summed E-state index contributed by atoms with van der Waals surface area (Å²) in [5, 5.41) is 0. The fourth-order valence-electron chi connectivity index (χ4n) is 1.50. The zero-order chi connectivity index (χ0) is 13.1. The van der Waals surface area contributed by atoms with Crippen LogP contribution in [0.3, 0.4) is 0 Å². The average molecular weight is 351 g/mol. The Kier molecular flexibility index (Phi) is 10.8. The van der Waals surface area contributed by atoms with E-state index < -0.39 is 0 Å². The van der Waals surface area contributed by atoms with Crippen molar-refractivity contribution >= 4 is 23.0 Å². The second-order valence-corrected chi connectivity index (χ2v) is 4.19. The van der Waals surface area contributed by atoms with Crippen molar-refractivity contribution in [3.63, 3.8) is 0 Å². The van der Waals surface area contributed by atoms with Crippen LogP contribution in [0.4, 0.5) is 0 Å².